The van der Waals surface area contributed by atoms with Crippen LogP contribution >= 0.6 is 11.8 Å². The van der Waals surface area contributed by atoms with Gasteiger partial charge in [-0.25, -0.2) is 9.78 Å². The lowest BCUT2D eigenvalue weighted by Gasteiger charge is -2.11. The number of pyridine rings is 1. The van der Waals surface area contributed by atoms with Crippen molar-refractivity contribution in [3.63, 3.8) is 0 Å². The summed E-state index contributed by atoms with van der Waals surface area (Å²) in [6, 6.07) is 3.35. The van der Waals surface area contributed by atoms with Crippen LogP contribution in [0.2, 0.25) is 0 Å². The highest BCUT2D eigenvalue weighted by molar-refractivity contribution is 7.99. The van der Waals surface area contributed by atoms with E-state index >= 15 is 0 Å². The molecule has 1 heterocycles. The normalized spacial score (nSPS) is 11.7. The summed E-state index contributed by atoms with van der Waals surface area (Å²) in [5, 5.41) is 0.535. The third kappa shape index (κ3) is 4.90. The molecule has 0 amide bonds. The summed E-state index contributed by atoms with van der Waals surface area (Å²) in [5.41, 5.74) is 0.422. The molecule has 1 aromatic rings. The van der Waals surface area contributed by atoms with Gasteiger partial charge in [0.15, 0.2) is 0 Å². The lowest BCUT2D eigenvalue weighted by atomic mass is 10.3. The van der Waals surface area contributed by atoms with Crippen LogP contribution in [0, 0.1) is 0 Å². The summed E-state index contributed by atoms with van der Waals surface area (Å²) in [6.45, 7) is 3.95. The number of rotatable bonds is 6. The molecule has 0 saturated carbocycles. The number of hydrogen-bond donors (Lipinski definition) is 0. The Morgan fingerprint density at radius 1 is 1.47 bits per heavy atom. The van der Waals surface area contributed by atoms with Gasteiger partial charge in [0.25, 0.3) is 0 Å². The lowest BCUT2D eigenvalue weighted by molar-refractivity contribution is -0.140. The Morgan fingerprint density at radius 3 is 2.84 bits per heavy atom. The highest BCUT2D eigenvalue weighted by atomic mass is 32.2. The van der Waals surface area contributed by atoms with E-state index in [0.717, 1.165) is 0 Å². The Balaban J connectivity index is 2.77. The molecule has 0 aliphatic rings. The van der Waals surface area contributed by atoms with Gasteiger partial charge in [0.2, 0.25) is 0 Å². The van der Waals surface area contributed by atoms with E-state index in [9.17, 15) is 9.59 Å². The van der Waals surface area contributed by atoms with E-state index < -0.39 is 5.97 Å². The van der Waals surface area contributed by atoms with Crippen LogP contribution in [0.3, 0.4) is 0 Å². The first kappa shape index (κ1) is 15.5. The van der Waals surface area contributed by atoms with E-state index in [1.807, 2.05) is 6.92 Å². The molecule has 0 bridgehead atoms. The van der Waals surface area contributed by atoms with Crippen molar-refractivity contribution >= 4 is 23.7 Å². The highest BCUT2D eigenvalue weighted by Crippen LogP contribution is 2.27. The topological polar surface area (TPSA) is 65.5 Å². The van der Waals surface area contributed by atoms with Crippen LogP contribution in [0.4, 0.5) is 0 Å². The van der Waals surface area contributed by atoms with Crippen molar-refractivity contribution in [2.75, 3.05) is 13.7 Å². The lowest BCUT2D eigenvalue weighted by Crippen LogP contribution is -2.11. The fourth-order valence-electron chi connectivity index (χ4n) is 1.40. The Bertz CT molecular complexity index is 450. The number of carbonyl (C=O) groups is 2. The number of carbonyl (C=O) groups excluding carboxylic acids is 2. The standard InChI is InChI=1S/C13H17NO4S/c1-4-18-13(16)10-6-5-7-14-12(10)19-9(2)8-11(15)17-3/h5-7,9H,4,8H2,1-3H3. The van der Waals surface area contributed by atoms with E-state index in [0.29, 0.717) is 17.2 Å². The summed E-state index contributed by atoms with van der Waals surface area (Å²) in [7, 11) is 1.35. The van der Waals surface area contributed by atoms with Crippen molar-refractivity contribution in [3.8, 4) is 0 Å². The minimum absolute atomic E-state index is 0.0319. The average Bonchev–Trinajstić information content (AvgIpc) is 2.39. The molecular weight excluding hydrogens is 266 g/mol. The number of esters is 2. The minimum Gasteiger partial charge on any atom is -0.469 e. The second-order valence-electron chi connectivity index (χ2n) is 3.79. The maximum atomic E-state index is 11.8. The number of methoxy groups -OCH3 is 1. The number of nitrogens with zero attached hydrogens (tertiary/aromatic N) is 1. The number of thioether (sulfide) groups is 1. The summed E-state index contributed by atoms with van der Waals surface area (Å²) in [6.07, 6.45) is 1.87. The molecule has 1 rings (SSSR count). The van der Waals surface area contributed by atoms with Crippen LogP contribution in [0.15, 0.2) is 23.4 Å². The van der Waals surface area contributed by atoms with Gasteiger partial charge in [0.05, 0.1) is 25.7 Å². The molecule has 6 heteroatoms. The predicted octanol–water partition coefficient (Wildman–Crippen LogP) is 2.30. The summed E-state index contributed by atoms with van der Waals surface area (Å²) >= 11 is 1.36. The number of ether oxygens (including phenoxy) is 2. The molecular formula is C13H17NO4S. The smallest absolute Gasteiger partial charge is 0.340 e. The van der Waals surface area contributed by atoms with Crippen LogP contribution < -0.4 is 0 Å². The van der Waals surface area contributed by atoms with E-state index in [2.05, 4.69) is 9.72 Å². The molecule has 19 heavy (non-hydrogen) atoms. The largest absolute Gasteiger partial charge is 0.469 e. The zero-order chi connectivity index (χ0) is 14.3. The van der Waals surface area contributed by atoms with E-state index in [1.54, 1.807) is 25.3 Å². The molecule has 0 aliphatic heterocycles. The van der Waals surface area contributed by atoms with Gasteiger partial charge in [-0.3, -0.25) is 4.79 Å². The molecule has 0 radical (unpaired) electrons. The first-order valence-electron chi connectivity index (χ1n) is 5.94. The van der Waals surface area contributed by atoms with Crippen molar-refractivity contribution in [3.05, 3.63) is 23.9 Å². The van der Waals surface area contributed by atoms with Gasteiger partial charge in [-0.15, -0.1) is 11.8 Å². The SMILES string of the molecule is CCOC(=O)c1cccnc1SC(C)CC(=O)OC. The van der Waals surface area contributed by atoms with E-state index in [1.165, 1.54) is 18.9 Å². The maximum absolute atomic E-state index is 11.8. The number of aromatic nitrogens is 1. The third-order valence-electron chi connectivity index (χ3n) is 2.26. The molecule has 0 aliphatic carbocycles. The summed E-state index contributed by atoms with van der Waals surface area (Å²) in [4.78, 5) is 27.1. The van der Waals surface area contributed by atoms with Crippen LogP contribution in [0.1, 0.15) is 30.6 Å². The van der Waals surface area contributed by atoms with E-state index in [-0.39, 0.29) is 17.6 Å². The molecule has 1 unspecified atom stereocenters. The zero-order valence-electron chi connectivity index (χ0n) is 11.2. The molecule has 0 spiro atoms. The third-order valence-corrected chi connectivity index (χ3v) is 3.38. The van der Waals surface area contributed by atoms with Gasteiger partial charge in [0, 0.05) is 11.4 Å². The molecule has 0 N–H and O–H groups in total. The Hall–Kier alpha value is -1.56. The van der Waals surface area contributed by atoms with Crippen LogP contribution in [-0.4, -0.2) is 35.9 Å². The zero-order valence-corrected chi connectivity index (χ0v) is 12.0. The second-order valence-corrected chi connectivity index (χ2v) is 5.21. The summed E-state index contributed by atoms with van der Waals surface area (Å²) in [5.74, 6) is -0.683. The first-order valence-corrected chi connectivity index (χ1v) is 6.82. The van der Waals surface area contributed by atoms with Crippen molar-refractivity contribution in [2.45, 2.75) is 30.5 Å². The van der Waals surface area contributed by atoms with Gasteiger partial charge >= 0.3 is 11.9 Å². The fraction of sp³-hybridized carbons (Fsp3) is 0.462. The Labute approximate surface area is 116 Å². The predicted molar refractivity (Wildman–Crippen MR) is 72.1 cm³/mol. The van der Waals surface area contributed by atoms with Crippen molar-refractivity contribution in [1.82, 2.24) is 4.98 Å². The second kappa shape index (κ2) is 7.78. The fourth-order valence-corrected chi connectivity index (χ4v) is 2.40. The van der Waals surface area contributed by atoms with Gasteiger partial charge < -0.3 is 9.47 Å². The maximum Gasteiger partial charge on any atom is 0.340 e. The summed E-state index contributed by atoms with van der Waals surface area (Å²) < 4.78 is 9.58. The molecule has 0 fully saturated rings. The van der Waals surface area contributed by atoms with Gasteiger partial charge in [-0.2, -0.15) is 0 Å². The van der Waals surface area contributed by atoms with Crippen molar-refractivity contribution in [1.29, 1.82) is 0 Å². The quantitative estimate of drug-likeness (QED) is 0.589. The monoisotopic (exact) mass is 283 g/mol. The van der Waals surface area contributed by atoms with Crippen LogP contribution in [-0.2, 0) is 14.3 Å². The van der Waals surface area contributed by atoms with Gasteiger partial charge in [-0.1, -0.05) is 6.92 Å². The molecule has 104 valence electrons. The van der Waals surface area contributed by atoms with Gasteiger partial charge in [0.1, 0.15) is 5.03 Å². The van der Waals surface area contributed by atoms with Crippen molar-refractivity contribution < 1.29 is 19.1 Å². The minimum atomic E-state index is -0.400. The molecule has 5 nitrogen and oxygen atoms in total. The average molecular weight is 283 g/mol. The molecule has 1 atom stereocenters. The molecule has 0 aromatic carbocycles. The Kier molecular flexibility index (Phi) is 6.35. The van der Waals surface area contributed by atoms with Gasteiger partial charge in [-0.05, 0) is 19.1 Å². The van der Waals surface area contributed by atoms with E-state index in [4.69, 9.17) is 4.74 Å². The van der Waals surface area contributed by atoms with Crippen molar-refractivity contribution in [2.24, 2.45) is 0 Å². The Morgan fingerprint density at radius 2 is 2.21 bits per heavy atom. The first-order chi connectivity index (χ1) is 9.08. The highest BCUT2D eigenvalue weighted by Gasteiger charge is 2.18. The van der Waals surface area contributed by atoms with Crippen LogP contribution in [0.5, 0.6) is 0 Å². The molecule has 1 aromatic heterocycles. The van der Waals surface area contributed by atoms with Crippen LogP contribution in [0.25, 0.3) is 0 Å². The molecule has 0 saturated heterocycles. The number of hydrogen-bond acceptors (Lipinski definition) is 6.